The molecule has 1 heterocycles. The Bertz CT molecular complexity index is 135. The predicted octanol–water partition coefficient (Wildman–Crippen LogP) is 0.833. The lowest BCUT2D eigenvalue weighted by atomic mass is 10.2. The maximum Gasteiger partial charge on any atom is 0.0443 e. The zero-order valence-corrected chi connectivity index (χ0v) is 9.34. The highest BCUT2D eigenvalue weighted by Crippen LogP contribution is 2.07. The van der Waals surface area contributed by atoms with Crippen molar-refractivity contribution in [2.75, 3.05) is 32.8 Å². The van der Waals surface area contributed by atoms with Crippen LogP contribution in [-0.2, 0) is 0 Å². The first kappa shape index (κ1) is 12.0. The number of hydrogen-bond donors (Lipinski definition) is 2. The van der Waals surface area contributed by atoms with E-state index in [9.17, 15) is 0 Å². The number of aliphatic hydroxyl groups is 1. The predicted molar refractivity (Wildman–Crippen MR) is 59.5 cm³/mol. The van der Waals surface area contributed by atoms with Crippen molar-refractivity contribution in [1.29, 1.82) is 0 Å². The van der Waals surface area contributed by atoms with E-state index in [1.807, 2.05) is 0 Å². The molecule has 3 heteroatoms. The number of rotatable bonds is 7. The molecular formula is C11H24N2O. The van der Waals surface area contributed by atoms with Gasteiger partial charge in [-0.05, 0) is 38.8 Å². The fraction of sp³-hybridized carbons (Fsp3) is 1.00. The molecule has 0 radical (unpaired) electrons. The summed E-state index contributed by atoms with van der Waals surface area (Å²) in [5, 5.41) is 12.3. The van der Waals surface area contributed by atoms with Crippen LogP contribution in [0.1, 0.15) is 32.6 Å². The molecule has 14 heavy (non-hydrogen) atoms. The first-order valence-electron chi connectivity index (χ1n) is 5.93. The number of aliphatic hydroxyl groups excluding tert-OH is 1. The Hall–Kier alpha value is -0.120. The van der Waals surface area contributed by atoms with E-state index in [0.29, 0.717) is 12.6 Å². The van der Waals surface area contributed by atoms with Gasteiger partial charge in [0.15, 0.2) is 0 Å². The van der Waals surface area contributed by atoms with E-state index in [2.05, 4.69) is 17.1 Å². The molecule has 1 fully saturated rings. The summed E-state index contributed by atoms with van der Waals surface area (Å²) in [6.45, 7) is 7.09. The first-order valence-corrected chi connectivity index (χ1v) is 5.93. The summed E-state index contributed by atoms with van der Waals surface area (Å²) in [6, 6.07) is 0.695. The van der Waals surface area contributed by atoms with Crippen LogP contribution in [0.2, 0.25) is 0 Å². The molecule has 0 aromatic rings. The van der Waals surface area contributed by atoms with Crippen LogP contribution in [0.4, 0.5) is 0 Å². The lowest BCUT2D eigenvalue weighted by molar-refractivity contribution is 0.211. The minimum absolute atomic E-state index is 0.318. The van der Waals surface area contributed by atoms with Crippen molar-refractivity contribution in [2.45, 2.75) is 38.6 Å². The molecule has 0 aromatic heterocycles. The van der Waals surface area contributed by atoms with Crippen LogP contribution in [0, 0.1) is 0 Å². The second-order valence-corrected chi connectivity index (χ2v) is 4.17. The molecule has 1 rings (SSSR count). The summed E-state index contributed by atoms with van der Waals surface area (Å²) in [5.74, 6) is 0. The van der Waals surface area contributed by atoms with Gasteiger partial charge in [-0.1, -0.05) is 6.92 Å². The molecule has 0 amide bonds. The molecule has 0 aromatic carbocycles. The second-order valence-electron chi connectivity index (χ2n) is 4.17. The molecule has 1 saturated heterocycles. The molecule has 1 aliphatic heterocycles. The lowest BCUT2D eigenvalue weighted by Gasteiger charge is -2.24. The molecule has 2 N–H and O–H groups in total. The van der Waals surface area contributed by atoms with Crippen LogP contribution in [0.15, 0.2) is 0 Å². The molecule has 0 saturated carbocycles. The monoisotopic (exact) mass is 200 g/mol. The number of hydrogen-bond acceptors (Lipinski definition) is 3. The molecule has 1 atom stereocenters. The van der Waals surface area contributed by atoms with Gasteiger partial charge in [-0.15, -0.1) is 0 Å². The van der Waals surface area contributed by atoms with Crippen molar-refractivity contribution in [3.05, 3.63) is 0 Å². The van der Waals surface area contributed by atoms with Gasteiger partial charge in [0.1, 0.15) is 0 Å². The van der Waals surface area contributed by atoms with Gasteiger partial charge >= 0.3 is 0 Å². The van der Waals surface area contributed by atoms with E-state index in [-0.39, 0.29) is 0 Å². The molecule has 0 aliphatic carbocycles. The third-order valence-electron chi connectivity index (χ3n) is 2.81. The first-order chi connectivity index (χ1) is 6.86. The Morgan fingerprint density at radius 1 is 1.43 bits per heavy atom. The molecule has 3 nitrogen and oxygen atoms in total. The van der Waals surface area contributed by atoms with E-state index < -0.39 is 0 Å². The molecule has 0 bridgehead atoms. The van der Waals surface area contributed by atoms with Crippen molar-refractivity contribution < 1.29 is 5.11 Å². The van der Waals surface area contributed by atoms with Gasteiger partial charge in [0, 0.05) is 25.7 Å². The summed E-state index contributed by atoms with van der Waals surface area (Å²) in [5.41, 5.74) is 0. The largest absolute Gasteiger partial charge is 0.396 e. The Kier molecular flexibility index (Phi) is 6.15. The van der Waals surface area contributed by atoms with Crippen molar-refractivity contribution in [3.63, 3.8) is 0 Å². The third-order valence-corrected chi connectivity index (χ3v) is 2.81. The molecule has 1 unspecified atom stereocenters. The van der Waals surface area contributed by atoms with E-state index in [1.165, 1.54) is 25.8 Å². The summed E-state index contributed by atoms with van der Waals surface area (Å²) in [4.78, 5) is 2.47. The van der Waals surface area contributed by atoms with Crippen LogP contribution in [0.25, 0.3) is 0 Å². The summed E-state index contributed by atoms with van der Waals surface area (Å²) < 4.78 is 0. The minimum atomic E-state index is 0.318. The summed E-state index contributed by atoms with van der Waals surface area (Å²) in [7, 11) is 0. The average molecular weight is 200 g/mol. The van der Waals surface area contributed by atoms with Crippen LogP contribution in [-0.4, -0.2) is 48.8 Å². The van der Waals surface area contributed by atoms with Crippen molar-refractivity contribution >= 4 is 0 Å². The van der Waals surface area contributed by atoms with E-state index in [1.54, 1.807) is 0 Å². The minimum Gasteiger partial charge on any atom is -0.396 e. The molecule has 84 valence electrons. The maximum absolute atomic E-state index is 8.80. The summed E-state index contributed by atoms with van der Waals surface area (Å²) >= 11 is 0. The van der Waals surface area contributed by atoms with Crippen molar-refractivity contribution in [3.8, 4) is 0 Å². The quantitative estimate of drug-likeness (QED) is 0.639. The van der Waals surface area contributed by atoms with Gasteiger partial charge < -0.3 is 15.3 Å². The van der Waals surface area contributed by atoms with Gasteiger partial charge in [-0.2, -0.15) is 0 Å². The van der Waals surface area contributed by atoms with Crippen molar-refractivity contribution in [2.24, 2.45) is 0 Å². The second kappa shape index (κ2) is 7.21. The Morgan fingerprint density at radius 2 is 2.29 bits per heavy atom. The highest BCUT2D eigenvalue weighted by Gasteiger charge is 2.16. The van der Waals surface area contributed by atoms with Gasteiger partial charge in [0.2, 0.25) is 0 Å². The normalized spacial score (nSPS) is 22.1. The van der Waals surface area contributed by atoms with Gasteiger partial charge in [0.25, 0.3) is 0 Å². The Labute approximate surface area is 87.5 Å². The highest BCUT2D eigenvalue weighted by molar-refractivity contribution is 4.77. The lowest BCUT2D eigenvalue weighted by Crippen LogP contribution is -2.38. The zero-order chi connectivity index (χ0) is 10.2. The summed E-state index contributed by atoms with van der Waals surface area (Å²) in [6.07, 6.45) is 4.76. The van der Waals surface area contributed by atoms with Crippen molar-refractivity contribution in [1.82, 2.24) is 10.2 Å². The number of nitrogens with zero attached hydrogens (tertiary/aromatic N) is 1. The fourth-order valence-corrected chi connectivity index (χ4v) is 2.13. The maximum atomic E-state index is 8.80. The SMILES string of the molecule is CCCN(CCCO)CC1CCCN1. The third kappa shape index (κ3) is 4.40. The fourth-order valence-electron chi connectivity index (χ4n) is 2.13. The Morgan fingerprint density at radius 3 is 2.86 bits per heavy atom. The van der Waals surface area contributed by atoms with Crippen LogP contribution >= 0.6 is 0 Å². The topological polar surface area (TPSA) is 35.5 Å². The van der Waals surface area contributed by atoms with E-state index in [4.69, 9.17) is 5.11 Å². The Balaban J connectivity index is 2.18. The van der Waals surface area contributed by atoms with Gasteiger partial charge in [-0.3, -0.25) is 0 Å². The number of nitrogens with one attached hydrogen (secondary N) is 1. The standard InChI is InChI=1S/C11H24N2O/c1-2-7-13(8-4-9-14)10-11-5-3-6-12-11/h11-12,14H,2-10H2,1H3. The zero-order valence-electron chi connectivity index (χ0n) is 9.34. The molecular weight excluding hydrogens is 176 g/mol. The smallest absolute Gasteiger partial charge is 0.0443 e. The van der Waals surface area contributed by atoms with E-state index >= 15 is 0 Å². The van der Waals surface area contributed by atoms with E-state index in [0.717, 1.165) is 26.1 Å². The molecule has 1 aliphatic rings. The van der Waals surface area contributed by atoms with Crippen LogP contribution in [0.5, 0.6) is 0 Å². The van der Waals surface area contributed by atoms with Gasteiger partial charge in [-0.25, -0.2) is 0 Å². The highest BCUT2D eigenvalue weighted by atomic mass is 16.3. The van der Waals surface area contributed by atoms with Crippen LogP contribution in [0.3, 0.4) is 0 Å². The molecule has 0 spiro atoms. The van der Waals surface area contributed by atoms with Gasteiger partial charge in [0.05, 0.1) is 0 Å². The van der Waals surface area contributed by atoms with Crippen LogP contribution < -0.4 is 5.32 Å². The average Bonchev–Trinajstić information content (AvgIpc) is 2.67.